The number of nitrogens with zero attached hydrogens (tertiary/aromatic N) is 2. The Morgan fingerprint density at radius 2 is 1.90 bits per heavy atom. The molecule has 2 aliphatic heterocycles. The van der Waals surface area contributed by atoms with Crippen LogP contribution in [0.5, 0.6) is 5.75 Å². The second-order valence-electron chi connectivity index (χ2n) is 7.58. The third-order valence-electron chi connectivity index (χ3n) is 5.58. The quantitative estimate of drug-likeness (QED) is 0.470. The molecule has 0 aromatic heterocycles. The van der Waals surface area contributed by atoms with Crippen LogP contribution in [0.25, 0.3) is 0 Å². The fraction of sp³-hybridized carbons (Fsp3) is 0.571. The molecule has 0 aliphatic carbocycles. The predicted molar refractivity (Wildman–Crippen MR) is 109 cm³/mol. The molecular formula is C21H30N4O4. The van der Waals surface area contributed by atoms with Gasteiger partial charge in [-0.1, -0.05) is 0 Å². The minimum atomic E-state index is -0.477. The van der Waals surface area contributed by atoms with Gasteiger partial charge < -0.3 is 20.7 Å². The first kappa shape index (κ1) is 21.3. The summed E-state index contributed by atoms with van der Waals surface area (Å²) in [6, 6.07) is 6.52. The Bertz CT molecular complexity index is 729. The van der Waals surface area contributed by atoms with Gasteiger partial charge in [-0.3, -0.25) is 14.4 Å². The van der Waals surface area contributed by atoms with Crippen molar-refractivity contribution < 1.29 is 19.1 Å². The van der Waals surface area contributed by atoms with E-state index in [0.29, 0.717) is 24.6 Å². The summed E-state index contributed by atoms with van der Waals surface area (Å²) in [4.78, 5) is 39.8. The van der Waals surface area contributed by atoms with E-state index in [0.717, 1.165) is 38.9 Å². The molecule has 1 aromatic carbocycles. The molecule has 0 saturated carbocycles. The Balaban J connectivity index is 1.42. The van der Waals surface area contributed by atoms with E-state index in [9.17, 15) is 14.4 Å². The summed E-state index contributed by atoms with van der Waals surface area (Å²) in [5.74, 6) is 0.115. The number of imide groups is 1. The lowest BCUT2D eigenvalue weighted by Gasteiger charge is -2.30. The van der Waals surface area contributed by atoms with Gasteiger partial charge in [-0.05, 0) is 76.6 Å². The second kappa shape index (κ2) is 9.84. The normalized spacial score (nSPS) is 21.0. The number of nitrogens with one attached hydrogen (secondary N) is 1. The molecule has 2 fully saturated rings. The lowest BCUT2D eigenvalue weighted by molar-refractivity contribution is -0.123. The van der Waals surface area contributed by atoms with Gasteiger partial charge in [0.1, 0.15) is 5.75 Å². The van der Waals surface area contributed by atoms with Crippen LogP contribution in [0.3, 0.4) is 0 Å². The average Bonchev–Trinajstić information content (AvgIpc) is 3.00. The van der Waals surface area contributed by atoms with E-state index in [2.05, 4.69) is 10.2 Å². The van der Waals surface area contributed by atoms with E-state index in [1.165, 1.54) is 4.90 Å². The number of benzene rings is 1. The number of amides is 3. The monoisotopic (exact) mass is 402 g/mol. The maximum Gasteiger partial charge on any atom is 0.251 e. The third kappa shape index (κ3) is 5.33. The largest absolute Gasteiger partial charge is 0.494 e. The lowest BCUT2D eigenvalue weighted by atomic mass is 9.96. The molecule has 0 bridgehead atoms. The Kier molecular flexibility index (Phi) is 7.22. The fourth-order valence-corrected chi connectivity index (χ4v) is 3.94. The summed E-state index contributed by atoms with van der Waals surface area (Å²) in [7, 11) is 0. The van der Waals surface area contributed by atoms with Crippen molar-refractivity contribution in [2.45, 2.75) is 38.6 Å². The van der Waals surface area contributed by atoms with E-state index in [4.69, 9.17) is 10.5 Å². The van der Waals surface area contributed by atoms with Crippen LogP contribution in [0.2, 0.25) is 0 Å². The van der Waals surface area contributed by atoms with E-state index >= 15 is 0 Å². The van der Waals surface area contributed by atoms with Gasteiger partial charge in [0.25, 0.3) is 5.91 Å². The van der Waals surface area contributed by atoms with Crippen molar-refractivity contribution in [3.8, 4) is 5.75 Å². The maximum atomic E-state index is 12.7. The first-order chi connectivity index (χ1) is 14.0. The van der Waals surface area contributed by atoms with Gasteiger partial charge in [0.2, 0.25) is 11.8 Å². The minimum absolute atomic E-state index is 0.0000755. The number of hydrogen-bond donors (Lipinski definition) is 2. The van der Waals surface area contributed by atoms with E-state index in [1.54, 1.807) is 24.3 Å². The molecule has 0 unspecified atom stereocenters. The lowest BCUT2D eigenvalue weighted by Crippen LogP contribution is -2.41. The molecule has 3 N–H and O–H groups in total. The van der Waals surface area contributed by atoms with Gasteiger partial charge in [-0.15, -0.1) is 0 Å². The molecule has 3 rings (SSSR count). The summed E-state index contributed by atoms with van der Waals surface area (Å²) >= 11 is 0. The summed E-state index contributed by atoms with van der Waals surface area (Å²) in [6.07, 6.45) is 2.68. The van der Waals surface area contributed by atoms with Crippen LogP contribution in [-0.2, 0) is 14.4 Å². The van der Waals surface area contributed by atoms with Crippen molar-refractivity contribution in [1.29, 1.82) is 0 Å². The zero-order valence-corrected chi connectivity index (χ0v) is 16.9. The van der Waals surface area contributed by atoms with Crippen molar-refractivity contribution in [2.75, 3.05) is 37.7 Å². The second-order valence-corrected chi connectivity index (χ2v) is 7.58. The smallest absolute Gasteiger partial charge is 0.251 e. The topological polar surface area (TPSA) is 105 Å². The molecule has 8 nitrogen and oxygen atoms in total. The van der Waals surface area contributed by atoms with Crippen molar-refractivity contribution >= 4 is 23.4 Å². The van der Waals surface area contributed by atoms with Gasteiger partial charge in [0.15, 0.2) is 0 Å². The van der Waals surface area contributed by atoms with Crippen molar-refractivity contribution in [3.05, 3.63) is 24.3 Å². The summed E-state index contributed by atoms with van der Waals surface area (Å²) in [6.45, 7) is 5.78. The van der Waals surface area contributed by atoms with Gasteiger partial charge in [-0.25, -0.2) is 4.90 Å². The first-order valence-electron chi connectivity index (χ1n) is 10.3. The molecule has 2 saturated heterocycles. The Morgan fingerprint density at radius 3 is 2.52 bits per heavy atom. The van der Waals surface area contributed by atoms with Crippen LogP contribution in [0.15, 0.2) is 24.3 Å². The summed E-state index contributed by atoms with van der Waals surface area (Å²) in [5.41, 5.74) is 5.94. The van der Waals surface area contributed by atoms with Crippen LogP contribution in [0.1, 0.15) is 32.6 Å². The highest BCUT2D eigenvalue weighted by molar-refractivity contribution is 6.22. The standard InChI is InChI=1S/C21H30N4O4/c1-2-29-17-6-4-16(5-7-17)25-19(26)14-18(21(25)28)23-10-3-11-24-12-8-15(9-13-24)20(22)27/h4-7,15,18,23H,2-3,8-14H2,1H3,(H2,22,27)/t18-/m1/s1. The van der Waals surface area contributed by atoms with Crippen LogP contribution >= 0.6 is 0 Å². The molecule has 0 radical (unpaired) electrons. The fourth-order valence-electron chi connectivity index (χ4n) is 3.94. The zero-order chi connectivity index (χ0) is 20.8. The van der Waals surface area contributed by atoms with Gasteiger partial charge in [0, 0.05) is 5.92 Å². The Hall–Kier alpha value is -2.45. The highest BCUT2D eigenvalue weighted by Gasteiger charge is 2.39. The molecular weight excluding hydrogens is 372 g/mol. The van der Waals surface area contributed by atoms with Crippen LogP contribution in [0.4, 0.5) is 5.69 Å². The van der Waals surface area contributed by atoms with Crippen LogP contribution in [-0.4, -0.2) is 61.4 Å². The van der Waals surface area contributed by atoms with E-state index < -0.39 is 6.04 Å². The number of ether oxygens (including phenoxy) is 1. The number of primary amides is 1. The third-order valence-corrected chi connectivity index (χ3v) is 5.58. The van der Waals surface area contributed by atoms with Crippen molar-refractivity contribution in [1.82, 2.24) is 10.2 Å². The number of hydrogen-bond acceptors (Lipinski definition) is 6. The Morgan fingerprint density at radius 1 is 1.21 bits per heavy atom. The SMILES string of the molecule is CCOc1ccc(N2C(=O)C[C@@H](NCCCN3CCC(C(N)=O)CC3)C2=O)cc1. The van der Waals surface area contributed by atoms with Crippen molar-refractivity contribution in [3.63, 3.8) is 0 Å². The van der Waals surface area contributed by atoms with Crippen LogP contribution in [0, 0.1) is 5.92 Å². The molecule has 158 valence electrons. The highest BCUT2D eigenvalue weighted by atomic mass is 16.5. The maximum absolute atomic E-state index is 12.7. The van der Waals surface area contributed by atoms with Crippen LogP contribution < -0.4 is 20.7 Å². The summed E-state index contributed by atoms with van der Waals surface area (Å²) < 4.78 is 5.40. The molecule has 2 heterocycles. The molecule has 0 spiro atoms. The van der Waals surface area contributed by atoms with E-state index in [-0.39, 0.29) is 30.1 Å². The Labute approximate surface area is 171 Å². The average molecular weight is 402 g/mol. The number of nitrogens with two attached hydrogens (primary N) is 1. The first-order valence-corrected chi connectivity index (χ1v) is 10.3. The van der Waals surface area contributed by atoms with Gasteiger partial charge in [0.05, 0.1) is 24.8 Å². The number of carbonyl (C=O) groups excluding carboxylic acids is 3. The molecule has 1 aromatic rings. The van der Waals surface area contributed by atoms with E-state index in [1.807, 2.05) is 6.92 Å². The van der Waals surface area contributed by atoms with Crippen molar-refractivity contribution in [2.24, 2.45) is 11.7 Å². The number of piperidine rings is 1. The van der Waals surface area contributed by atoms with Gasteiger partial charge in [-0.2, -0.15) is 0 Å². The highest BCUT2D eigenvalue weighted by Crippen LogP contribution is 2.25. The van der Waals surface area contributed by atoms with Gasteiger partial charge >= 0.3 is 0 Å². The molecule has 1 atom stereocenters. The molecule has 29 heavy (non-hydrogen) atoms. The number of anilines is 1. The minimum Gasteiger partial charge on any atom is -0.494 e. The molecule has 3 amide bonds. The summed E-state index contributed by atoms with van der Waals surface area (Å²) in [5, 5.41) is 3.22. The number of likely N-dealkylation sites (tertiary alicyclic amines) is 1. The zero-order valence-electron chi connectivity index (χ0n) is 16.9. The molecule has 8 heteroatoms. The number of carbonyl (C=O) groups is 3. The number of rotatable bonds is 9. The predicted octanol–water partition coefficient (Wildman–Crippen LogP) is 0.894. The molecule has 2 aliphatic rings.